The lowest BCUT2D eigenvalue weighted by Crippen LogP contribution is -2.51. The molecule has 0 aromatic heterocycles. The summed E-state index contributed by atoms with van der Waals surface area (Å²) in [5, 5.41) is 18.2. The molecule has 1 fully saturated rings. The van der Waals surface area contributed by atoms with Crippen molar-refractivity contribution in [3.63, 3.8) is 0 Å². The van der Waals surface area contributed by atoms with Gasteiger partial charge in [-0.2, -0.15) is 0 Å². The number of urea groups is 1. The van der Waals surface area contributed by atoms with Crippen molar-refractivity contribution in [1.29, 1.82) is 0 Å². The van der Waals surface area contributed by atoms with Crippen LogP contribution >= 0.6 is 0 Å². The van der Waals surface area contributed by atoms with Crippen LogP contribution in [0.15, 0.2) is 42.5 Å². The van der Waals surface area contributed by atoms with E-state index in [1.54, 1.807) is 6.92 Å². The Balaban J connectivity index is 1.55. The van der Waals surface area contributed by atoms with Crippen LogP contribution in [0.2, 0.25) is 0 Å². The molecule has 1 atom stereocenters. The number of benzene rings is 2. The second-order valence-electron chi connectivity index (χ2n) is 6.72. The van der Waals surface area contributed by atoms with Crippen LogP contribution < -0.4 is 10.6 Å². The molecule has 25 heavy (non-hydrogen) atoms. The molecule has 6 heteroatoms. The fraction of sp³-hybridized carbons (Fsp3) is 0.421. The zero-order chi connectivity index (χ0) is 17.7. The topological polar surface area (TPSA) is 73.8 Å². The summed E-state index contributed by atoms with van der Waals surface area (Å²) in [5.41, 5.74) is -0.239. The smallest absolute Gasteiger partial charge is 0.319 e. The van der Waals surface area contributed by atoms with Gasteiger partial charge in [0.1, 0.15) is 0 Å². The van der Waals surface area contributed by atoms with E-state index in [1.165, 1.54) is 0 Å². The second kappa shape index (κ2) is 7.82. The van der Waals surface area contributed by atoms with Gasteiger partial charge in [-0.3, -0.25) is 4.90 Å². The number of nitrogens with zero attached hydrogens (tertiary/aromatic N) is 1. The second-order valence-corrected chi connectivity index (χ2v) is 6.72. The summed E-state index contributed by atoms with van der Waals surface area (Å²) in [4.78, 5) is 14.4. The van der Waals surface area contributed by atoms with E-state index in [-0.39, 0.29) is 12.6 Å². The van der Waals surface area contributed by atoms with Crippen LogP contribution in [0, 0.1) is 0 Å². The molecule has 2 amide bonds. The van der Waals surface area contributed by atoms with Crippen LogP contribution in [0.1, 0.15) is 6.92 Å². The van der Waals surface area contributed by atoms with Crippen molar-refractivity contribution in [3.8, 4) is 0 Å². The molecular formula is C19H25N3O3. The maximum Gasteiger partial charge on any atom is 0.319 e. The Labute approximate surface area is 147 Å². The summed E-state index contributed by atoms with van der Waals surface area (Å²) in [6.07, 6.45) is 0. The molecule has 0 unspecified atom stereocenters. The van der Waals surface area contributed by atoms with E-state index in [1.807, 2.05) is 42.5 Å². The van der Waals surface area contributed by atoms with Gasteiger partial charge in [-0.25, -0.2) is 4.79 Å². The van der Waals surface area contributed by atoms with Gasteiger partial charge in [0.25, 0.3) is 0 Å². The lowest BCUT2D eigenvalue weighted by Gasteiger charge is -2.33. The molecule has 1 saturated heterocycles. The van der Waals surface area contributed by atoms with E-state index in [4.69, 9.17) is 4.74 Å². The average Bonchev–Trinajstić information content (AvgIpc) is 2.61. The van der Waals surface area contributed by atoms with E-state index in [0.29, 0.717) is 19.8 Å². The monoisotopic (exact) mass is 343 g/mol. The molecule has 1 aliphatic heterocycles. The molecule has 2 aromatic rings. The quantitative estimate of drug-likeness (QED) is 0.777. The number of amides is 2. The van der Waals surface area contributed by atoms with Crippen molar-refractivity contribution in [3.05, 3.63) is 42.5 Å². The molecule has 0 bridgehead atoms. The summed E-state index contributed by atoms with van der Waals surface area (Å²) in [7, 11) is 0. The number of anilines is 1. The molecule has 0 spiro atoms. The molecular weight excluding hydrogens is 318 g/mol. The van der Waals surface area contributed by atoms with Crippen molar-refractivity contribution in [2.24, 2.45) is 0 Å². The number of aliphatic hydroxyl groups is 1. The number of morpholine rings is 1. The summed E-state index contributed by atoms with van der Waals surface area (Å²) in [6, 6.07) is 13.4. The summed E-state index contributed by atoms with van der Waals surface area (Å²) >= 11 is 0. The molecule has 0 aliphatic carbocycles. The van der Waals surface area contributed by atoms with Gasteiger partial charge in [0.05, 0.1) is 24.5 Å². The maximum atomic E-state index is 12.2. The fourth-order valence-electron chi connectivity index (χ4n) is 3.07. The van der Waals surface area contributed by atoms with Gasteiger partial charge in [-0.1, -0.05) is 36.4 Å². The van der Waals surface area contributed by atoms with Crippen molar-refractivity contribution in [2.45, 2.75) is 12.5 Å². The van der Waals surface area contributed by atoms with Crippen LogP contribution in [0.3, 0.4) is 0 Å². The highest BCUT2D eigenvalue weighted by Crippen LogP contribution is 2.22. The van der Waals surface area contributed by atoms with E-state index in [9.17, 15) is 9.90 Å². The zero-order valence-corrected chi connectivity index (χ0v) is 14.5. The molecule has 1 aliphatic rings. The summed E-state index contributed by atoms with van der Waals surface area (Å²) < 4.78 is 5.31. The van der Waals surface area contributed by atoms with Crippen molar-refractivity contribution < 1.29 is 14.6 Å². The Hall–Kier alpha value is -2.15. The average molecular weight is 343 g/mol. The third-order valence-corrected chi connectivity index (χ3v) is 4.34. The Morgan fingerprint density at radius 2 is 1.92 bits per heavy atom. The third kappa shape index (κ3) is 4.92. The molecule has 0 radical (unpaired) electrons. The van der Waals surface area contributed by atoms with Gasteiger partial charge in [0.2, 0.25) is 0 Å². The van der Waals surface area contributed by atoms with E-state index < -0.39 is 5.60 Å². The Morgan fingerprint density at radius 1 is 1.20 bits per heavy atom. The third-order valence-electron chi connectivity index (χ3n) is 4.34. The zero-order valence-electron chi connectivity index (χ0n) is 14.5. The summed E-state index contributed by atoms with van der Waals surface area (Å²) in [5.74, 6) is 0. The highest BCUT2D eigenvalue weighted by atomic mass is 16.5. The Kier molecular flexibility index (Phi) is 5.53. The highest BCUT2D eigenvalue weighted by molar-refractivity contribution is 6.01. The number of hydrogen-bond donors (Lipinski definition) is 3. The van der Waals surface area contributed by atoms with Crippen molar-refractivity contribution >= 4 is 22.5 Å². The van der Waals surface area contributed by atoms with E-state index in [0.717, 1.165) is 29.5 Å². The van der Waals surface area contributed by atoms with Gasteiger partial charge < -0.3 is 20.5 Å². The largest absolute Gasteiger partial charge is 0.387 e. The predicted octanol–water partition coefficient (Wildman–Crippen LogP) is 2.04. The van der Waals surface area contributed by atoms with Gasteiger partial charge >= 0.3 is 6.03 Å². The van der Waals surface area contributed by atoms with Crippen LogP contribution in [0.4, 0.5) is 10.5 Å². The van der Waals surface area contributed by atoms with Crippen LogP contribution in [-0.2, 0) is 4.74 Å². The first-order valence-electron chi connectivity index (χ1n) is 8.59. The molecule has 6 nitrogen and oxygen atoms in total. The molecule has 1 heterocycles. The first kappa shape index (κ1) is 17.7. The van der Waals surface area contributed by atoms with Gasteiger partial charge in [0, 0.05) is 31.6 Å². The van der Waals surface area contributed by atoms with Crippen molar-refractivity contribution in [2.75, 3.05) is 44.7 Å². The molecule has 3 N–H and O–H groups in total. The number of carbonyl (C=O) groups is 1. The maximum absolute atomic E-state index is 12.2. The SMILES string of the molecule is C[C@@](O)(CNC(=O)Nc1cccc2ccccc12)CN1CCOCC1. The van der Waals surface area contributed by atoms with Gasteiger partial charge in [0.15, 0.2) is 0 Å². The van der Waals surface area contributed by atoms with Crippen LogP contribution in [-0.4, -0.2) is 61.0 Å². The van der Waals surface area contributed by atoms with Crippen LogP contribution in [0.25, 0.3) is 10.8 Å². The van der Waals surface area contributed by atoms with Crippen LogP contribution in [0.5, 0.6) is 0 Å². The number of carbonyl (C=O) groups excluding carboxylic acids is 1. The normalized spacial score (nSPS) is 17.8. The number of rotatable bonds is 5. The van der Waals surface area contributed by atoms with Gasteiger partial charge in [-0.15, -0.1) is 0 Å². The number of fused-ring (bicyclic) bond motifs is 1. The molecule has 0 saturated carbocycles. The van der Waals surface area contributed by atoms with Crippen molar-refractivity contribution in [1.82, 2.24) is 10.2 Å². The number of ether oxygens (including phenoxy) is 1. The van der Waals surface area contributed by atoms with E-state index in [2.05, 4.69) is 15.5 Å². The van der Waals surface area contributed by atoms with E-state index >= 15 is 0 Å². The lowest BCUT2D eigenvalue weighted by molar-refractivity contribution is -0.0205. The first-order valence-corrected chi connectivity index (χ1v) is 8.59. The summed E-state index contributed by atoms with van der Waals surface area (Å²) in [6.45, 7) is 5.40. The minimum Gasteiger partial charge on any atom is -0.387 e. The molecule has 2 aromatic carbocycles. The number of β-amino-alcohol motifs (C(OH)–C–C–N with tert-alkyl or cyclic N) is 1. The molecule has 134 valence electrons. The standard InChI is InChI=1S/C19H25N3O3/c1-19(24,14-22-9-11-25-12-10-22)13-20-18(23)21-17-8-4-6-15-5-2-3-7-16(15)17/h2-8,24H,9-14H2,1H3,(H2,20,21,23)/t19-/m1/s1. The fourth-order valence-corrected chi connectivity index (χ4v) is 3.07. The Bertz CT molecular complexity index is 721. The predicted molar refractivity (Wildman–Crippen MR) is 98.9 cm³/mol. The minimum atomic E-state index is -0.993. The van der Waals surface area contributed by atoms with Gasteiger partial charge in [-0.05, 0) is 18.4 Å². The number of hydrogen-bond acceptors (Lipinski definition) is 4. The highest BCUT2D eigenvalue weighted by Gasteiger charge is 2.25. The lowest BCUT2D eigenvalue weighted by atomic mass is 10.1. The first-order chi connectivity index (χ1) is 12.0. The Morgan fingerprint density at radius 3 is 2.72 bits per heavy atom. The minimum absolute atomic E-state index is 0.182. The number of nitrogens with one attached hydrogen (secondary N) is 2. The molecule has 3 rings (SSSR count).